The van der Waals surface area contributed by atoms with Gasteiger partial charge >= 0.3 is 0 Å². The molecule has 1 atom stereocenters. The van der Waals surface area contributed by atoms with Crippen molar-refractivity contribution >= 4 is 5.78 Å². The van der Waals surface area contributed by atoms with Gasteiger partial charge in [-0.25, -0.2) is 0 Å². The van der Waals surface area contributed by atoms with Crippen LogP contribution in [0.4, 0.5) is 0 Å². The van der Waals surface area contributed by atoms with Crippen molar-refractivity contribution < 1.29 is 14.3 Å². The smallest absolute Gasteiger partial charge is 0.167 e. The monoisotopic (exact) mass is 282 g/mol. The van der Waals surface area contributed by atoms with Crippen LogP contribution in [0, 0.1) is 0 Å². The molecule has 108 valence electrons. The van der Waals surface area contributed by atoms with Gasteiger partial charge in [0.1, 0.15) is 11.5 Å². The molecule has 1 aliphatic rings. The third kappa shape index (κ3) is 2.51. The Kier molecular flexibility index (Phi) is 3.65. The first kappa shape index (κ1) is 13.7. The van der Waals surface area contributed by atoms with Crippen LogP contribution in [0.15, 0.2) is 42.5 Å². The second-order valence-corrected chi connectivity index (χ2v) is 5.29. The highest BCUT2D eigenvalue weighted by Gasteiger charge is 2.28. The van der Waals surface area contributed by atoms with Gasteiger partial charge in [0.15, 0.2) is 5.78 Å². The zero-order chi connectivity index (χ0) is 14.8. The van der Waals surface area contributed by atoms with Gasteiger partial charge in [0, 0.05) is 12.5 Å². The van der Waals surface area contributed by atoms with Crippen molar-refractivity contribution in [1.29, 1.82) is 0 Å². The van der Waals surface area contributed by atoms with Gasteiger partial charge in [-0.3, -0.25) is 4.79 Å². The lowest BCUT2D eigenvalue weighted by Crippen LogP contribution is -2.20. The molecule has 21 heavy (non-hydrogen) atoms. The highest BCUT2D eigenvalue weighted by molar-refractivity contribution is 5.99. The van der Waals surface area contributed by atoms with Crippen molar-refractivity contribution in [2.75, 3.05) is 14.2 Å². The summed E-state index contributed by atoms with van der Waals surface area (Å²) >= 11 is 0. The lowest BCUT2D eigenvalue weighted by Gasteiger charge is -2.29. The van der Waals surface area contributed by atoms with Crippen molar-refractivity contribution in [1.82, 2.24) is 0 Å². The van der Waals surface area contributed by atoms with Gasteiger partial charge in [0.05, 0.1) is 19.8 Å². The molecule has 3 nitrogen and oxygen atoms in total. The fraction of sp³-hybridized carbons (Fsp3) is 0.278. The molecule has 0 bridgehead atoms. The predicted molar refractivity (Wildman–Crippen MR) is 81.4 cm³/mol. The Morgan fingerprint density at radius 2 is 1.95 bits per heavy atom. The minimum absolute atomic E-state index is 0.119. The van der Waals surface area contributed by atoms with Gasteiger partial charge in [-0.2, -0.15) is 0 Å². The largest absolute Gasteiger partial charge is 0.497 e. The van der Waals surface area contributed by atoms with E-state index in [4.69, 9.17) is 9.47 Å². The molecule has 0 aromatic heterocycles. The molecule has 3 heteroatoms. The van der Waals surface area contributed by atoms with Crippen molar-refractivity contribution in [2.24, 2.45) is 0 Å². The number of ether oxygens (including phenoxy) is 2. The fourth-order valence-corrected chi connectivity index (χ4v) is 2.91. The van der Waals surface area contributed by atoms with Gasteiger partial charge in [-0.15, -0.1) is 0 Å². The molecule has 0 spiro atoms. The van der Waals surface area contributed by atoms with Crippen LogP contribution in [0.1, 0.15) is 33.8 Å². The Morgan fingerprint density at radius 3 is 2.67 bits per heavy atom. The van der Waals surface area contributed by atoms with Crippen molar-refractivity contribution in [3.8, 4) is 11.5 Å². The van der Waals surface area contributed by atoms with Crippen LogP contribution >= 0.6 is 0 Å². The molecule has 0 N–H and O–H groups in total. The molecular formula is C18H18O3. The molecule has 0 saturated heterocycles. The molecule has 1 unspecified atom stereocenters. The molecule has 0 aliphatic heterocycles. The fourth-order valence-electron chi connectivity index (χ4n) is 2.91. The summed E-state index contributed by atoms with van der Waals surface area (Å²) in [6, 6.07) is 13.6. The van der Waals surface area contributed by atoms with Crippen molar-refractivity contribution in [3.63, 3.8) is 0 Å². The molecule has 2 aromatic rings. The van der Waals surface area contributed by atoms with E-state index in [2.05, 4.69) is 12.1 Å². The standard InChI is InChI=1S/C18H18O3/c1-20-14-7-8-16(18(11-14)21-2)17(19)10-13-9-12-5-3-4-6-15(12)13/h3-8,11,13H,9-10H2,1-2H3. The predicted octanol–water partition coefficient (Wildman–Crippen LogP) is 3.62. The van der Waals surface area contributed by atoms with Gasteiger partial charge < -0.3 is 9.47 Å². The summed E-state index contributed by atoms with van der Waals surface area (Å²) in [5, 5.41) is 0. The number of hydrogen-bond donors (Lipinski definition) is 0. The van der Waals surface area contributed by atoms with Crippen molar-refractivity contribution in [2.45, 2.75) is 18.8 Å². The number of Topliss-reactive ketones (excluding diaryl/α,β-unsaturated/α-hetero) is 1. The summed E-state index contributed by atoms with van der Waals surface area (Å²) in [7, 11) is 3.17. The van der Waals surface area contributed by atoms with E-state index in [1.54, 1.807) is 32.4 Å². The highest BCUT2D eigenvalue weighted by atomic mass is 16.5. The summed E-state index contributed by atoms with van der Waals surface area (Å²) in [5.74, 6) is 1.72. The number of hydrogen-bond acceptors (Lipinski definition) is 3. The van der Waals surface area contributed by atoms with E-state index >= 15 is 0 Å². The molecule has 0 radical (unpaired) electrons. The third-order valence-electron chi connectivity index (χ3n) is 4.10. The topological polar surface area (TPSA) is 35.5 Å². The van der Waals surface area contributed by atoms with Gasteiger partial charge in [-0.1, -0.05) is 24.3 Å². The zero-order valence-electron chi connectivity index (χ0n) is 12.3. The molecule has 0 amide bonds. The number of fused-ring (bicyclic) bond motifs is 1. The van der Waals surface area contributed by atoms with E-state index in [1.165, 1.54) is 11.1 Å². The second-order valence-electron chi connectivity index (χ2n) is 5.29. The van der Waals surface area contributed by atoms with Crippen molar-refractivity contribution in [3.05, 3.63) is 59.2 Å². The Labute approximate surface area is 124 Å². The molecule has 0 fully saturated rings. The molecule has 3 rings (SSSR count). The van der Waals surface area contributed by atoms with E-state index in [-0.39, 0.29) is 5.78 Å². The summed E-state index contributed by atoms with van der Waals surface area (Å²) in [6.45, 7) is 0. The summed E-state index contributed by atoms with van der Waals surface area (Å²) in [5.41, 5.74) is 3.29. The number of rotatable bonds is 5. The number of carbonyl (C=O) groups excluding carboxylic acids is 1. The van der Waals surface area contributed by atoms with Crippen LogP contribution in [-0.4, -0.2) is 20.0 Å². The average Bonchev–Trinajstić information content (AvgIpc) is 2.51. The van der Waals surface area contributed by atoms with Crippen LogP contribution < -0.4 is 9.47 Å². The molecule has 0 saturated carbocycles. The minimum Gasteiger partial charge on any atom is -0.497 e. The quantitative estimate of drug-likeness (QED) is 0.786. The van der Waals surface area contributed by atoms with Gasteiger partial charge in [0.2, 0.25) is 0 Å². The number of benzene rings is 2. The Morgan fingerprint density at radius 1 is 1.14 bits per heavy atom. The maximum absolute atomic E-state index is 12.5. The summed E-state index contributed by atoms with van der Waals surface area (Å²) in [6.07, 6.45) is 1.51. The number of ketones is 1. The molecule has 1 aliphatic carbocycles. The third-order valence-corrected chi connectivity index (χ3v) is 4.10. The van der Waals surface area contributed by atoms with E-state index in [9.17, 15) is 4.79 Å². The van der Waals surface area contributed by atoms with E-state index in [0.717, 1.165) is 6.42 Å². The average molecular weight is 282 g/mol. The Hall–Kier alpha value is -2.29. The first-order valence-electron chi connectivity index (χ1n) is 7.06. The van der Waals surface area contributed by atoms with Crippen LogP contribution in [0.5, 0.6) is 11.5 Å². The summed E-state index contributed by atoms with van der Waals surface area (Å²) in [4.78, 5) is 12.5. The number of methoxy groups -OCH3 is 2. The first-order valence-corrected chi connectivity index (χ1v) is 7.06. The zero-order valence-corrected chi connectivity index (χ0v) is 12.3. The van der Waals surface area contributed by atoms with Gasteiger partial charge in [0.25, 0.3) is 0 Å². The van der Waals surface area contributed by atoms with Crippen LogP contribution in [0.3, 0.4) is 0 Å². The Bertz CT molecular complexity index is 676. The SMILES string of the molecule is COc1ccc(C(=O)CC2Cc3ccccc32)c(OC)c1. The normalized spacial score (nSPS) is 15.8. The van der Waals surface area contributed by atoms with E-state index in [0.29, 0.717) is 29.4 Å². The molecule has 2 aromatic carbocycles. The lowest BCUT2D eigenvalue weighted by atomic mass is 9.74. The second kappa shape index (κ2) is 5.60. The minimum atomic E-state index is 0.119. The number of carbonyl (C=O) groups is 1. The first-order chi connectivity index (χ1) is 10.2. The van der Waals surface area contributed by atoms with E-state index in [1.807, 2.05) is 12.1 Å². The lowest BCUT2D eigenvalue weighted by molar-refractivity contribution is 0.0967. The Balaban J connectivity index is 1.78. The maximum atomic E-state index is 12.5. The van der Waals surface area contributed by atoms with Crippen LogP contribution in [-0.2, 0) is 6.42 Å². The van der Waals surface area contributed by atoms with Crippen LogP contribution in [0.25, 0.3) is 0 Å². The highest BCUT2D eigenvalue weighted by Crippen LogP contribution is 2.38. The summed E-state index contributed by atoms with van der Waals surface area (Å²) < 4.78 is 10.5. The maximum Gasteiger partial charge on any atom is 0.167 e. The van der Waals surface area contributed by atoms with E-state index < -0.39 is 0 Å². The van der Waals surface area contributed by atoms with Crippen LogP contribution in [0.2, 0.25) is 0 Å². The molecular weight excluding hydrogens is 264 g/mol. The molecule has 0 heterocycles. The van der Waals surface area contributed by atoms with Gasteiger partial charge in [-0.05, 0) is 35.6 Å².